The Hall–Kier alpha value is -3.21. The monoisotopic (exact) mass is 361 g/mol. The highest BCUT2D eigenvalue weighted by atomic mass is 16.5. The number of para-hydroxylation sites is 1. The van der Waals surface area contributed by atoms with Crippen molar-refractivity contribution < 1.29 is 19.4 Å². The van der Waals surface area contributed by atoms with Crippen LogP contribution in [0.2, 0.25) is 0 Å². The van der Waals surface area contributed by atoms with Gasteiger partial charge >= 0.3 is 5.97 Å². The molecule has 0 fully saturated rings. The molecular weight excluding hydrogens is 342 g/mol. The van der Waals surface area contributed by atoms with Crippen molar-refractivity contribution in [1.29, 1.82) is 0 Å². The van der Waals surface area contributed by atoms with E-state index in [2.05, 4.69) is 6.07 Å². The SMILES string of the molecule is O=COCCC1(CCC(=O)O)c2ccccc2-c2nc3ccccc3cc21. The Kier molecular flexibility index (Phi) is 4.36. The molecule has 1 atom stereocenters. The van der Waals surface area contributed by atoms with E-state index in [4.69, 9.17) is 9.72 Å². The fraction of sp³-hybridized carbons (Fsp3) is 0.227. The van der Waals surface area contributed by atoms with Crippen LogP contribution >= 0.6 is 0 Å². The van der Waals surface area contributed by atoms with Crippen LogP contribution in [-0.2, 0) is 19.7 Å². The normalized spacial score (nSPS) is 17.3. The van der Waals surface area contributed by atoms with Gasteiger partial charge in [-0.15, -0.1) is 0 Å². The van der Waals surface area contributed by atoms with E-state index >= 15 is 0 Å². The maximum Gasteiger partial charge on any atom is 0.303 e. The van der Waals surface area contributed by atoms with Crippen LogP contribution in [0.3, 0.4) is 0 Å². The Labute approximate surface area is 156 Å². The number of ether oxygens (including phenoxy) is 1. The van der Waals surface area contributed by atoms with E-state index < -0.39 is 11.4 Å². The first-order valence-corrected chi connectivity index (χ1v) is 8.93. The van der Waals surface area contributed by atoms with E-state index in [0.717, 1.165) is 33.3 Å². The van der Waals surface area contributed by atoms with Gasteiger partial charge in [-0.25, -0.2) is 4.98 Å². The fourth-order valence-electron chi connectivity index (χ4n) is 4.20. The summed E-state index contributed by atoms with van der Waals surface area (Å²) < 4.78 is 5.00. The average molecular weight is 361 g/mol. The van der Waals surface area contributed by atoms with E-state index in [-0.39, 0.29) is 13.0 Å². The number of pyridine rings is 1. The third-order valence-electron chi connectivity index (χ3n) is 5.42. The van der Waals surface area contributed by atoms with E-state index in [1.54, 1.807) is 0 Å². The second kappa shape index (κ2) is 6.83. The van der Waals surface area contributed by atoms with E-state index in [9.17, 15) is 14.7 Å². The molecule has 1 aliphatic rings. The van der Waals surface area contributed by atoms with E-state index in [1.165, 1.54) is 0 Å². The Bertz CT molecular complexity index is 1030. The van der Waals surface area contributed by atoms with Crippen molar-refractivity contribution in [2.45, 2.75) is 24.7 Å². The smallest absolute Gasteiger partial charge is 0.303 e. The van der Waals surface area contributed by atoms with Gasteiger partial charge in [0, 0.05) is 22.8 Å². The Morgan fingerprint density at radius 1 is 1.07 bits per heavy atom. The summed E-state index contributed by atoms with van der Waals surface area (Å²) in [4.78, 5) is 26.9. The zero-order valence-electron chi connectivity index (χ0n) is 14.7. The molecule has 0 amide bonds. The maximum atomic E-state index is 11.4. The Balaban J connectivity index is 1.95. The highest BCUT2D eigenvalue weighted by molar-refractivity contribution is 5.88. The van der Waals surface area contributed by atoms with Crippen molar-refractivity contribution in [3.05, 3.63) is 65.7 Å². The van der Waals surface area contributed by atoms with Crippen molar-refractivity contribution in [2.75, 3.05) is 6.61 Å². The van der Waals surface area contributed by atoms with Gasteiger partial charge in [-0.2, -0.15) is 0 Å². The van der Waals surface area contributed by atoms with Crippen molar-refractivity contribution in [3.8, 4) is 11.3 Å². The van der Waals surface area contributed by atoms with Gasteiger partial charge in [-0.1, -0.05) is 42.5 Å². The molecule has 1 aliphatic carbocycles. The zero-order chi connectivity index (χ0) is 18.9. The molecule has 27 heavy (non-hydrogen) atoms. The van der Waals surface area contributed by atoms with Gasteiger partial charge < -0.3 is 9.84 Å². The molecule has 5 heteroatoms. The number of carboxylic acids is 1. The lowest BCUT2D eigenvalue weighted by molar-refractivity contribution is -0.137. The number of aromatic nitrogens is 1. The molecule has 0 saturated carbocycles. The molecule has 3 aromatic rings. The van der Waals surface area contributed by atoms with Gasteiger partial charge in [0.1, 0.15) is 0 Å². The number of carbonyl (C=O) groups excluding carboxylic acids is 1. The molecule has 0 aliphatic heterocycles. The number of aliphatic carboxylic acids is 1. The molecule has 1 heterocycles. The lowest BCUT2D eigenvalue weighted by Crippen LogP contribution is -2.28. The first kappa shape index (κ1) is 17.2. The quantitative estimate of drug-likeness (QED) is 0.510. The third-order valence-corrected chi connectivity index (χ3v) is 5.42. The van der Waals surface area contributed by atoms with Gasteiger partial charge in [-0.3, -0.25) is 9.59 Å². The summed E-state index contributed by atoms with van der Waals surface area (Å²) >= 11 is 0. The molecular formula is C22H19NO4. The summed E-state index contributed by atoms with van der Waals surface area (Å²) in [7, 11) is 0. The molecule has 1 N–H and O–H groups in total. The number of carboxylic acid groups (broad SMARTS) is 1. The molecule has 0 spiro atoms. The average Bonchev–Trinajstić information content (AvgIpc) is 2.95. The summed E-state index contributed by atoms with van der Waals surface area (Å²) in [5, 5.41) is 10.3. The predicted octanol–water partition coefficient (Wildman–Crippen LogP) is 3.93. The van der Waals surface area contributed by atoms with Crippen LogP contribution in [0.4, 0.5) is 0 Å². The second-order valence-corrected chi connectivity index (χ2v) is 6.82. The van der Waals surface area contributed by atoms with Gasteiger partial charge in [0.25, 0.3) is 6.47 Å². The lowest BCUT2D eigenvalue weighted by atomic mass is 9.72. The van der Waals surface area contributed by atoms with Gasteiger partial charge in [-0.05, 0) is 36.1 Å². The van der Waals surface area contributed by atoms with Crippen molar-refractivity contribution in [1.82, 2.24) is 4.98 Å². The number of hydrogen-bond donors (Lipinski definition) is 1. The Morgan fingerprint density at radius 3 is 2.67 bits per heavy atom. The largest absolute Gasteiger partial charge is 0.481 e. The van der Waals surface area contributed by atoms with Crippen LogP contribution < -0.4 is 0 Å². The highest BCUT2D eigenvalue weighted by Crippen LogP contribution is 2.53. The topological polar surface area (TPSA) is 76.5 Å². The van der Waals surface area contributed by atoms with Crippen molar-refractivity contribution in [2.24, 2.45) is 0 Å². The predicted molar refractivity (Wildman–Crippen MR) is 101 cm³/mol. The van der Waals surface area contributed by atoms with Crippen LogP contribution in [0.15, 0.2) is 54.6 Å². The maximum absolute atomic E-state index is 11.4. The summed E-state index contributed by atoms with van der Waals surface area (Å²) in [6.45, 7) is 0.662. The first-order valence-electron chi connectivity index (χ1n) is 8.93. The van der Waals surface area contributed by atoms with E-state index in [1.807, 2.05) is 48.5 Å². The standard InChI is InChI=1S/C22H19NO4/c24-14-27-12-11-22(10-9-20(25)26)17-7-3-2-6-16(17)21-18(22)13-15-5-1-4-8-19(15)23-21/h1-8,13-14H,9-12H2,(H,25,26). The minimum Gasteiger partial charge on any atom is -0.481 e. The van der Waals surface area contributed by atoms with Crippen LogP contribution in [0, 0.1) is 0 Å². The minimum absolute atomic E-state index is 0.0295. The summed E-state index contributed by atoms with van der Waals surface area (Å²) in [6.07, 6.45) is 0.972. The van der Waals surface area contributed by atoms with Crippen LogP contribution in [0.5, 0.6) is 0 Å². The molecule has 0 radical (unpaired) electrons. The first-order chi connectivity index (χ1) is 13.2. The number of carbonyl (C=O) groups is 2. The molecule has 4 rings (SSSR count). The zero-order valence-corrected chi connectivity index (χ0v) is 14.7. The number of benzene rings is 2. The Morgan fingerprint density at radius 2 is 1.85 bits per heavy atom. The van der Waals surface area contributed by atoms with Gasteiger partial charge in [0.2, 0.25) is 0 Å². The molecule has 2 aromatic carbocycles. The number of nitrogens with zero attached hydrogens (tertiary/aromatic N) is 1. The van der Waals surface area contributed by atoms with Gasteiger partial charge in [0.05, 0.1) is 17.8 Å². The molecule has 136 valence electrons. The highest BCUT2D eigenvalue weighted by Gasteiger charge is 2.44. The minimum atomic E-state index is -0.842. The summed E-state index contributed by atoms with van der Waals surface area (Å²) in [5.74, 6) is -0.842. The summed E-state index contributed by atoms with van der Waals surface area (Å²) in [6, 6.07) is 18.0. The number of hydrogen-bond acceptors (Lipinski definition) is 4. The fourth-order valence-corrected chi connectivity index (χ4v) is 4.20. The lowest BCUT2D eigenvalue weighted by Gasteiger charge is -2.31. The third kappa shape index (κ3) is 2.85. The number of fused-ring (bicyclic) bond motifs is 4. The van der Waals surface area contributed by atoms with Crippen molar-refractivity contribution in [3.63, 3.8) is 0 Å². The number of rotatable bonds is 7. The van der Waals surface area contributed by atoms with Crippen LogP contribution in [0.1, 0.15) is 30.4 Å². The molecule has 0 saturated heterocycles. The second-order valence-electron chi connectivity index (χ2n) is 6.82. The molecule has 5 nitrogen and oxygen atoms in total. The van der Waals surface area contributed by atoms with E-state index in [0.29, 0.717) is 19.3 Å². The van der Waals surface area contributed by atoms with Crippen LogP contribution in [-0.4, -0.2) is 29.1 Å². The molecule has 1 unspecified atom stereocenters. The van der Waals surface area contributed by atoms with Crippen molar-refractivity contribution >= 4 is 23.3 Å². The summed E-state index contributed by atoms with van der Waals surface area (Å²) in [5.41, 5.74) is 4.35. The van der Waals surface area contributed by atoms with Crippen LogP contribution in [0.25, 0.3) is 22.2 Å². The molecule has 1 aromatic heterocycles. The van der Waals surface area contributed by atoms with Gasteiger partial charge in [0.15, 0.2) is 0 Å². The molecule has 0 bridgehead atoms.